The lowest BCUT2D eigenvalue weighted by molar-refractivity contribution is 0.0289. The number of aromatic nitrogens is 1. The fourth-order valence-corrected chi connectivity index (χ4v) is 5.51. The summed E-state index contributed by atoms with van der Waals surface area (Å²) in [6, 6.07) is 28.8. The van der Waals surface area contributed by atoms with E-state index < -0.39 is 5.54 Å². The minimum atomic E-state index is -0.458. The highest BCUT2D eigenvalue weighted by molar-refractivity contribution is 6.13. The summed E-state index contributed by atoms with van der Waals surface area (Å²) in [5.74, 6) is 1.29. The van der Waals surface area contributed by atoms with E-state index in [4.69, 9.17) is 19.2 Å². The Morgan fingerprint density at radius 2 is 1.58 bits per heavy atom. The lowest BCUT2D eigenvalue weighted by atomic mass is 9.89. The minimum Gasteiger partial charge on any atom is -0.486 e. The topological polar surface area (TPSA) is 73.2 Å². The maximum absolute atomic E-state index is 13.5. The molecule has 3 aromatic carbocycles. The largest absolute Gasteiger partial charge is 0.486 e. The molecule has 43 heavy (non-hydrogen) atoms. The number of aliphatic imine (C=N–C) groups is 1. The van der Waals surface area contributed by atoms with Gasteiger partial charge in [0.05, 0.1) is 29.8 Å². The molecule has 0 N–H and O–H groups in total. The van der Waals surface area contributed by atoms with Gasteiger partial charge in [0, 0.05) is 29.2 Å². The normalized spacial score (nSPS) is 15.7. The molecule has 0 fully saturated rings. The number of benzene rings is 3. The molecule has 4 aromatic rings. The first-order valence-electron chi connectivity index (χ1n) is 14.9. The van der Waals surface area contributed by atoms with Gasteiger partial charge >= 0.3 is 6.09 Å². The van der Waals surface area contributed by atoms with Crippen LogP contribution in [-0.2, 0) is 24.1 Å². The number of fused-ring (bicyclic) bond motifs is 2. The summed E-state index contributed by atoms with van der Waals surface area (Å²) in [4.78, 5) is 24.8. The second-order valence-electron chi connectivity index (χ2n) is 12.0. The highest BCUT2D eigenvalue weighted by Crippen LogP contribution is 2.32. The maximum atomic E-state index is 13.5. The summed E-state index contributed by atoms with van der Waals surface area (Å²) in [5, 5.41) is 0. The quantitative estimate of drug-likeness (QED) is 0.225. The summed E-state index contributed by atoms with van der Waals surface area (Å²) < 4.78 is 17.4. The van der Waals surface area contributed by atoms with E-state index in [1.54, 1.807) is 11.1 Å². The van der Waals surface area contributed by atoms with Gasteiger partial charge in [-0.2, -0.15) is 0 Å². The molecular weight excluding hydrogens is 538 g/mol. The number of nitrogens with zero attached hydrogens (tertiary/aromatic N) is 3. The van der Waals surface area contributed by atoms with Crippen LogP contribution in [0.1, 0.15) is 55.1 Å². The molecule has 7 nitrogen and oxygen atoms in total. The van der Waals surface area contributed by atoms with Crippen molar-refractivity contribution < 1.29 is 19.0 Å². The molecule has 0 bridgehead atoms. The Morgan fingerprint density at radius 1 is 0.907 bits per heavy atom. The van der Waals surface area contributed by atoms with Gasteiger partial charge in [-0.05, 0) is 56.9 Å². The van der Waals surface area contributed by atoms with Gasteiger partial charge in [0.1, 0.15) is 19.3 Å². The molecule has 1 atom stereocenters. The van der Waals surface area contributed by atoms with Crippen molar-refractivity contribution in [2.45, 2.75) is 58.2 Å². The van der Waals surface area contributed by atoms with E-state index in [1.165, 1.54) is 11.1 Å². The minimum absolute atomic E-state index is 0.198. The standard InChI is InChI=1S/C36H37N3O4/c1-36(2,3)39(24-30-22-32-33(23-37-30)42-19-18-41-32)35(40)43-31-17-15-27-20-29(16-14-28(27)21-31)38-34(25-10-6-4-7-11-25)26-12-8-5-9-13-26/h4-14,16,20,22-23,31H,15,17-19,21,24H2,1-3H3. The van der Waals surface area contributed by atoms with Crippen molar-refractivity contribution in [3.63, 3.8) is 0 Å². The molecule has 1 aliphatic carbocycles. The van der Waals surface area contributed by atoms with Crippen LogP contribution in [0.4, 0.5) is 10.5 Å². The number of carbonyl (C=O) groups is 1. The van der Waals surface area contributed by atoms with Crippen molar-refractivity contribution >= 4 is 17.5 Å². The zero-order chi connectivity index (χ0) is 29.8. The molecule has 1 amide bonds. The molecule has 2 aliphatic rings. The molecule has 0 radical (unpaired) electrons. The van der Waals surface area contributed by atoms with Crippen LogP contribution in [0.2, 0.25) is 0 Å². The van der Waals surface area contributed by atoms with Crippen LogP contribution in [-0.4, -0.2) is 46.5 Å². The molecule has 0 spiro atoms. The average molecular weight is 576 g/mol. The van der Waals surface area contributed by atoms with Crippen LogP contribution < -0.4 is 9.47 Å². The third-order valence-electron chi connectivity index (χ3n) is 7.81. The van der Waals surface area contributed by atoms with Crippen LogP contribution in [0, 0.1) is 0 Å². The number of carbonyl (C=O) groups excluding carboxylic acids is 1. The van der Waals surface area contributed by atoms with Crippen molar-refractivity contribution in [3.05, 3.63) is 119 Å². The second kappa shape index (κ2) is 12.3. The van der Waals surface area contributed by atoms with Gasteiger partial charge in [0.2, 0.25) is 0 Å². The first kappa shape index (κ1) is 28.5. The van der Waals surface area contributed by atoms with Crippen LogP contribution >= 0.6 is 0 Å². The number of aryl methyl sites for hydroxylation is 1. The molecular formula is C36H37N3O4. The van der Waals surface area contributed by atoms with Crippen LogP contribution in [0.3, 0.4) is 0 Å². The fourth-order valence-electron chi connectivity index (χ4n) is 5.51. The Bertz CT molecular complexity index is 1570. The first-order chi connectivity index (χ1) is 20.8. The highest BCUT2D eigenvalue weighted by atomic mass is 16.6. The van der Waals surface area contributed by atoms with Crippen LogP contribution in [0.25, 0.3) is 0 Å². The van der Waals surface area contributed by atoms with Crippen molar-refractivity contribution in [2.75, 3.05) is 13.2 Å². The third kappa shape index (κ3) is 6.72. The first-order valence-corrected chi connectivity index (χ1v) is 14.9. The van der Waals surface area contributed by atoms with Crippen molar-refractivity contribution in [1.82, 2.24) is 9.88 Å². The van der Waals surface area contributed by atoms with Gasteiger partial charge in [-0.3, -0.25) is 9.88 Å². The van der Waals surface area contributed by atoms with Gasteiger partial charge < -0.3 is 14.2 Å². The van der Waals surface area contributed by atoms with Crippen LogP contribution in [0.5, 0.6) is 11.5 Å². The molecule has 220 valence electrons. The number of hydrogen-bond acceptors (Lipinski definition) is 6. The van der Waals surface area contributed by atoms with Crippen LogP contribution in [0.15, 0.2) is 96.1 Å². The molecule has 2 heterocycles. The zero-order valence-corrected chi connectivity index (χ0v) is 25.0. The Kier molecular flexibility index (Phi) is 8.14. The van der Waals surface area contributed by atoms with E-state index in [-0.39, 0.29) is 12.2 Å². The highest BCUT2D eigenvalue weighted by Gasteiger charge is 2.32. The summed E-state index contributed by atoms with van der Waals surface area (Å²) in [5.41, 5.74) is 6.73. The predicted octanol–water partition coefficient (Wildman–Crippen LogP) is 7.32. The van der Waals surface area contributed by atoms with Gasteiger partial charge in [-0.15, -0.1) is 0 Å². The van der Waals surface area contributed by atoms with Crippen molar-refractivity contribution in [3.8, 4) is 11.5 Å². The van der Waals surface area contributed by atoms with Crippen molar-refractivity contribution in [2.24, 2.45) is 4.99 Å². The number of hydrogen-bond donors (Lipinski definition) is 0. The van der Waals surface area contributed by atoms with E-state index >= 15 is 0 Å². The van der Waals surface area contributed by atoms with E-state index in [0.29, 0.717) is 37.7 Å². The Balaban J connectivity index is 1.16. The smallest absolute Gasteiger partial charge is 0.410 e. The lowest BCUT2D eigenvalue weighted by Gasteiger charge is -2.36. The summed E-state index contributed by atoms with van der Waals surface area (Å²) in [6.45, 7) is 7.33. The fraction of sp³-hybridized carbons (Fsp3) is 0.306. The molecule has 0 saturated carbocycles. The summed E-state index contributed by atoms with van der Waals surface area (Å²) in [7, 11) is 0. The Hall–Kier alpha value is -4.65. The van der Waals surface area contributed by atoms with E-state index in [2.05, 4.69) is 47.4 Å². The maximum Gasteiger partial charge on any atom is 0.410 e. The molecule has 1 unspecified atom stereocenters. The van der Waals surface area contributed by atoms with Gasteiger partial charge in [0.15, 0.2) is 11.5 Å². The number of pyridine rings is 1. The average Bonchev–Trinajstić information content (AvgIpc) is 3.02. The molecule has 1 aromatic heterocycles. The molecule has 0 saturated heterocycles. The number of rotatable bonds is 6. The van der Waals surface area contributed by atoms with E-state index in [9.17, 15) is 4.79 Å². The SMILES string of the molecule is CC(C)(C)N(Cc1cc2c(cn1)OCCO2)C(=O)OC1CCc2cc(N=C(c3ccccc3)c3ccccc3)ccc2C1. The summed E-state index contributed by atoms with van der Waals surface area (Å²) in [6.07, 6.45) is 3.38. The van der Waals surface area contributed by atoms with Gasteiger partial charge in [-0.25, -0.2) is 9.79 Å². The monoisotopic (exact) mass is 575 g/mol. The number of amides is 1. The Labute approximate surface area is 253 Å². The van der Waals surface area contributed by atoms with E-state index in [1.807, 2.05) is 63.2 Å². The van der Waals surface area contributed by atoms with E-state index in [0.717, 1.165) is 41.1 Å². The van der Waals surface area contributed by atoms with Gasteiger partial charge in [0.25, 0.3) is 0 Å². The molecule has 6 rings (SSSR count). The third-order valence-corrected chi connectivity index (χ3v) is 7.81. The number of ether oxygens (including phenoxy) is 3. The van der Waals surface area contributed by atoms with Crippen molar-refractivity contribution in [1.29, 1.82) is 0 Å². The molecule has 1 aliphatic heterocycles. The summed E-state index contributed by atoms with van der Waals surface area (Å²) >= 11 is 0. The Morgan fingerprint density at radius 3 is 2.26 bits per heavy atom. The lowest BCUT2D eigenvalue weighted by Crippen LogP contribution is -2.47. The predicted molar refractivity (Wildman–Crippen MR) is 167 cm³/mol. The van der Waals surface area contributed by atoms with Gasteiger partial charge in [-0.1, -0.05) is 66.7 Å². The second-order valence-corrected chi connectivity index (χ2v) is 12.0. The zero-order valence-electron chi connectivity index (χ0n) is 25.0. The molecule has 7 heteroatoms.